The van der Waals surface area contributed by atoms with E-state index in [1.54, 1.807) is 19.2 Å². The number of carbonyl (C=O) groups is 2. The Kier molecular flexibility index (Phi) is 5.58. The van der Waals surface area contributed by atoms with Gasteiger partial charge in [-0.05, 0) is 38.5 Å². The summed E-state index contributed by atoms with van der Waals surface area (Å²) in [7, 11) is 3.75. The zero-order valence-corrected chi connectivity index (χ0v) is 13.7. The van der Waals surface area contributed by atoms with E-state index in [9.17, 15) is 9.59 Å². The number of esters is 2. The van der Waals surface area contributed by atoms with Crippen LogP contribution in [-0.2, 0) is 19.1 Å². The van der Waals surface area contributed by atoms with Gasteiger partial charge in [-0.1, -0.05) is 13.8 Å². The lowest BCUT2D eigenvalue weighted by Gasteiger charge is -2.27. The molecule has 1 aliphatic rings. The van der Waals surface area contributed by atoms with Crippen LogP contribution in [0.4, 0.5) is 0 Å². The van der Waals surface area contributed by atoms with Gasteiger partial charge in [0.2, 0.25) is 0 Å². The van der Waals surface area contributed by atoms with Crippen LogP contribution in [0.2, 0.25) is 0 Å². The summed E-state index contributed by atoms with van der Waals surface area (Å²) >= 11 is 0. The van der Waals surface area contributed by atoms with E-state index in [1.807, 2.05) is 25.9 Å². The first-order valence-electron chi connectivity index (χ1n) is 7.21. The van der Waals surface area contributed by atoms with Crippen molar-refractivity contribution in [3.8, 4) is 0 Å². The molecule has 0 aromatic heterocycles. The van der Waals surface area contributed by atoms with Gasteiger partial charge >= 0.3 is 11.9 Å². The average Bonchev–Trinajstić information content (AvgIpc) is 2.56. The summed E-state index contributed by atoms with van der Waals surface area (Å²) in [4.78, 5) is 26.0. The van der Waals surface area contributed by atoms with Crippen LogP contribution in [-0.4, -0.2) is 43.1 Å². The highest BCUT2D eigenvalue weighted by Gasteiger charge is 2.46. The van der Waals surface area contributed by atoms with Crippen molar-refractivity contribution >= 4 is 11.9 Å². The fourth-order valence-corrected chi connectivity index (χ4v) is 2.50. The number of rotatable bonds is 6. The number of carbonyl (C=O) groups excluding carboxylic acids is 2. The molecule has 118 valence electrons. The molecule has 0 saturated heterocycles. The zero-order valence-electron chi connectivity index (χ0n) is 13.7. The first kappa shape index (κ1) is 17.3. The Hall–Kier alpha value is -1.78. The van der Waals surface area contributed by atoms with E-state index >= 15 is 0 Å². The summed E-state index contributed by atoms with van der Waals surface area (Å²) in [5, 5.41) is 0. The van der Waals surface area contributed by atoms with Crippen LogP contribution in [0.25, 0.3) is 0 Å². The molecule has 0 aliphatic carbocycles. The highest BCUT2D eigenvalue weighted by molar-refractivity contribution is 6.17. The van der Waals surface area contributed by atoms with E-state index in [4.69, 9.17) is 9.47 Å². The van der Waals surface area contributed by atoms with E-state index < -0.39 is 17.5 Å². The Balaban J connectivity index is 3.30. The normalized spacial score (nSPS) is 22.1. The van der Waals surface area contributed by atoms with Crippen LogP contribution in [0, 0.1) is 5.92 Å². The molecule has 5 heteroatoms. The van der Waals surface area contributed by atoms with Crippen molar-refractivity contribution < 1.29 is 19.1 Å². The fraction of sp³-hybridized carbons (Fsp3) is 0.625. The molecule has 0 radical (unpaired) electrons. The molecule has 5 nitrogen and oxygen atoms in total. The van der Waals surface area contributed by atoms with Gasteiger partial charge < -0.3 is 14.4 Å². The lowest BCUT2D eigenvalue weighted by molar-refractivity contribution is -0.150. The minimum atomic E-state index is -0.792. The molecule has 0 amide bonds. The Morgan fingerprint density at radius 3 is 2.52 bits per heavy atom. The van der Waals surface area contributed by atoms with Crippen molar-refractivity contribution in [1.29, 1.82) is 0 Å². The molecule has 0 bridgehead atoms. The number of cyclic esters (lactones) is 1. The third-order valence-corrected chi connectivity index (χ3v) is 3.18. The highest BCUT2D eigenvalue weighted by Crippen LogP contribution is 2.38. The molecule has 1 atom stereocenters. The maximum Gasteiger partial charge on any atom is 0.346 e. The van der Waals surface area contributed by atoms with Crippen molar-refractivity contribution in [2.45, 2.75) is 39.7 Å². The number of hydrogen-bond acceptors (Lipinski definition) is 5. The highest BCUT2D eigenvalue weighted by atomic mass is 16.6. The van der Waals surface area contributed by atoms with Crippen LogP contribution in [0.1, 0.15) is 34.1 Å². The maximum atomic E-state index is 12.1. The third-order valence-electron chi connectivity index (χ3n) is 3.18. The lowest BCUT2D eigenvalue weighted by atomic mass is 9.86. The van der Waals surface area contributed by atoms with Crippen LogP contribution in [0.5, 0.6) is 0 Å². The monoisotopic (exact) mass is 295 g/mol. The van der Waals surface area contributed by atoms with Gasteiger partial charge in [0.25, 0.3) is 0 Å². The molecule has 21 heavy (non-hydrogen) atoms. The van der Waals surface area contributed by atoms with Crippen molar-refractivity contribution in [2.24, 2.45) is 5.92 Å². The molecule has 0 N–H and O–H groups in total. The first-order valence-corrected chi connectivity index (χ1v) is 7.21. The van der Waals surface area contributed by atoms with Crippen molar-refractivity contribution in [3.63, 3.8) is 0 Å². The largest absolute Gasteiger partial charge is 0.462 e. The van der Waals surface area contributed by atoms with Crippen LogP contribution in [0.3, 0.4) is 0 Å². The second-order valence-corrected chi connectivity index (χ2v) is 6.01. The standard InChI is InChI=1S/C16H25NO4/c1-7-20-14(18)13-12(8-9-17(5)6)16(4,10-11(2)3)21-15(13)19/h8-9,11H,7,10H2,1-6H3/b9-8+. The van der Waals surface area contributed by atoms with Gasteiger partial charge in [0.15, 0.2) is 5.57 Å². The van der Waals surface area contributed by atoms with E-state index in [2.05, 4.69) is 13.8 Å². The van der Waals surface area contributed by atoms with Gasteiger partial charge in [0.05, 0.1) is 6.61 Å². The number of hydrogen-bond donors (Lipinski definition) is 0. The minimum Gasteiger partial charge on any atom is -0.462 e. The quantitative estimate of drug-likeness (QED) is 0.556. The second kappa shape index (κ2) is 6.78. The van der Waals surface area contributed by atoms with E-state index in [0.29, 0.717) is 17.9 Å². The Morgan fingerprint density at radius 2 is 2.05 bits per heavy atom. The molecular formula is C16H25NO4. The predicted molar refractivity (Wildman–Crippen MR) is 80.4 cm³/mol. The van der Waals surface area contributed by atoms with Crippen molar-refractivity contribution in [3.05, 3.63) is 23.4 Å². The van der Waals surface area contributed by atoms with Crippen molar-refractivity contribution in [1.82, 2.24) is 4.90 Å². The lowest BCUT2D eigenvalue weighted by Crippen LogP contribution is -2.29. The van der Waals surface area contributed by atoms with Gasteiger partial charge in [-0.2, -0.15) is 0 Å². The Labute approximate surface area is 126 Å². The second-order valence-electron chi connectivity index (χ2n) is 6.01. The van der Waals surface area contributed by atoms with Crippen molar-refractivity contribution in [2.75, 3.05) is 20.7 Å². The van der Waals surface area contributed by atoms with E-state index in [-0.39, 0.29) is 12.2 Å². The topological polar surface area (TPSA) is 55.8 Å². The van der Waals surface area contributed by atoms with Gasteiger partial charge in [-0.3, -0.25) is 0 Å². The number of ether oxygens (including phenoxy) is 2. The first-order chi connectivity index (χ1) is 9.71. The number of nitrogens with zero attached hydrogens (tertiary/aromatic N) is 1. The molecule has 1 heterocycles. The molecule has 0 aromatic rings. The molecular weight excluding hydrogens is 270 g/mol. The average molecular weight is 295 g/mol. The summed E-state index contributed by atoms with van der Waals surface area (Å²) in [6.07, 6.45) is 4.21. The molecule has 0 fully saturated rings. The van der Waals surface area contributed by atoms with Gasteiger partial charge in [-0.15, -0.1) is 0 Å². The van der Waals surface area contributed by atoms with Gasteiger partial charge in [0.1, 0.15) is 5.60 Å². The Morgan fingerprint density at radius 1 is 1.43 bits per heavy atom. The molecule has 1 aliphatic heterocycles. The zero-order chi connectivity index (χ0) is 16.2. The molecule has 0 saturated carbocycles. The molecule has 0 aromatic carbocycles. The Bertz CT molecular complexity index is 477. The molecule has 1 rings (SSSR count). The van der Waals surface area contributed by atoms with Crippen LogP contribution >= 0.6 is 0 Å². The predicted octanol–water partition coefficient (Wildman–Crippen LogP) is 2.28. The summed E-state index contributed by atoms with van der Waals surface area (Å²) in [5.74, 6) is -0.893. The summed E-state index contributed by atoms with van der Waals surface area (Å²) in [6.45, 7) is 7.87. The van der Waals surface area contributed by atoms with E-state index in [0.717, 1.165) is 0 Å². The third kappa shape index (κ3) is 4.09. The SMILES string of the molecule is CCOC(=O)C1=C(/C=C/N(C)C)C(C)(CC(C)C)OC1=O. The minimum absolute atomic E-state index is 0.0121. The fourth-order valence-electron chi connectivity index (χ4n) is 2.50. The maximum absolute atomic E-state index is 12.1. The molecule has 0 spiro atoms. The smallest absolute Gasteiger partial charge is 0.346 e. The summed E-state index contributed by atoms with van der Waals surface area (Å²) in [6, 6.07) is 0. The van der Waals surface area contributed by atoms with Gasteiger partial charge in [-0.25, -0.2) is 9.59 Å². The van der Waals surface area contributed by atoms with E-state index in [1.165, 1.54) is 0 Å². The van der Waals surface area contributed by atoms with Crippen LogP contribution in [0.15, 0.2) is 23.4 Å². The molecule has 1 unspecified atom stereocenters. The summed E-state index contributed by atoms with van der Waals surface area (Å²) < 4.78 is 10.5. The summed E-state index contributed by atoms with van der Waals surface area (Å²) in [5.41, 5.74) is -0.189. The van der Waals surface area contributed by atoms with Gasteiger partial charge in [0, 0.05) is 19.7 Å². The van der Waals surface area contributed by atoms with Crippen LogP contribution < -0.4 is 0 Å².